The summed E-state index contributed by atoms with van der Waals surface area (Å²) in [6.07, 6.45) is 7.14. The van der Waals surface area contributed by atoms with Crippen molar-refractivity contribution in [3.63, 3.8) is 0 Å². The van der Waals surface area contributed by atoms with Crippen LogP contribution in [0, 0.1) is 11.6 Å². The predicted molar refractivity (Wildman–Crippen MR) is 218 cm³/mol. The van der Waals surface area contributed by atoms with Gasteiger partial charge in [0.2, 0.25) is 0 Å². The lowest BCUT2D eigenvalue weighted by molar-refractivity contribution is 0.0446. The maximum Gasteiger partial charge on any atom is 0.319 e. The predicted octanol–water partition coefficient (Wildman–Crippen LogP) is 8.96. The van der Waals surface area contributed by atoms with Crippen LogP contribution >= 0.6 is 0 Å². The van der Waals surface area contributed by atoms with Gasteiger partial charge in [0.15, 0.2) is 5.82 Å². The molecule has 0 bridgehead atoms. The summed E-state index contributed by atoms with van der Waals surface area (Å²) in [7, 11) is -2.42. The van der Waals surface area contributed by atoms with E-state index in [4.69, 9.17) is 24.1 Å². The highest BCUT2D eigenvalue weighted by molar-refractivity contribution is 6.78. The van der Waals surface area contributed by atoms with Gasteiger partial charge in [0.1, 0.15) is 35.2 Å². The second-order valence-electron chi connectivity index (χ2n) is 17.6. The molecule has 3 atom stereocenters. The molecule has 3 aliphatic rings. The molecule has 2 aromatic carbocycles. The molecule has 0 radical (unpaired) electrons. The summed E-state index contributed by atoms with van der Waals surface area (Å²) in [6, 6.07) is 7.19. The summed E-state index contributed by atoms with van der Waals surface area (Å²) in [5, 5.41) is 22.9. The van der Waals surface area contributed by atoms with Crippen molar-refractivity contribution in [2.45, 2.75) is 134 Å². The highest BCUT2D eigenvalue weighted by Crippen LogP contribution is 2.46. The number of halogens is 2. The topological polar surface area (TPSA) is 104 Å². The first-order valence-corrected chi connectivity index (χ1v) is 22.6. The van der Waals surface area contributed by atoms with E-state index in [1.54, 1.807) is 12.3 Å². The molecule has 3 aliphatic heterocycles. The number of hydrogen-bond donors (Lipinski definition) is 2. The number of pyridine rings is 1. The van der Waals surface area contributed by atoms with Crippen LogP contribution in [0.4, 0.5) is 14.6 Å². The summed E-state index contributed by atoms with van der Waals surface area (Å²) < 4.78 is 46.7. The number of fused-ring (bicyclic) bond motifs is 3. The number of benzene rings is 2. The third-order valence-electron chi connectivity index (χ3n) is 13.1. The van der Waals surface area contributed by atoms with Crippen LogP contribution in [0.5, 0.6) is 11.8 Å². The Hall–Kier alpha value is -3.45. The number of aromatic nitrogens is 3. The maximum absolute atomic E-state index is 17.6. The van der Waals surface area contributed by atoms with Crippen LogP contribution in [-0.4, -0.2) is 88.4 Å². The minimum Gasteiger partial charge on any atom is -0.543 e. The number of ether oxygens (including phenoxy) is 1. The first kappa shape index (κ1) is 39.8. The Morgan fingerprint density at radius 2 is 1.71 bits per heavy atom. The number of nitrogens with zero attached hydrogens (tertiary/aromatic N) is 5. The minimum absolute atomic E-state index is 0.0533. The number of aliphatic hydroxyl groups excluding tert-OH is 1. The van der Waals surface area contributed by atoms with Crippen molar-refractivity contribution in [2.24, 2.45) is 0 Å². The largest absolute Gasteiger partial charge is 0.543 e. The Kier molecular flexibility index (Phi) is 10.9. The average molecular weight is 776 g/mol. The van der Waals surface area contributed by atoms with Crippen molar-refractivity contribution in [1.29, 1.82) is 0 Å². The molecule has 2 aromatic heterocycles. The van der Waals surface area contributed by atoms with Crippen molar-refractivity contribution >= 4 is 35.8 Å². The molecular formula is C43H59F2N5O4Si. The fraction of sp³-hybridized carbons (Fsp3) is 0.605. The molecular weight excluding hydrogens is 717 g/mol. The average Bonchev–Trinajstić information content (AvgIpc) is 3.71. The summed E-state index contributed by atoms with van der Waals surface area (Å²) in [5.74, 6) is 0.0828. The molecule has 3 fully saturated rings. The van der Waals surface area contributed by atoms with Crippen molar-refractivity contribution in [2.75, 3.05) is 37.7 Å². The van der Waals surface area contributed by atoms with E-state index in [1.165, 1.54) is 6.07 Å². The van der Waals surface area contributed by atoms with Gasteiger partial charge in [-0.05, 0) is 110 Å². The summed E-state index contributed by atoms with van der Waals surface area (Å²) in [4.78, 5) is 18.7. The van der Waals surface area contributed by atoms with Gasteiger partial charge in [-0.15, -0.1) is 0 Å². The Balaban J connectivity index is 1.40. The number of anilines is 1. The van der Waals surface area contributed by atoms with Gasteiger partial charge in [-0.3, -0.25) is 9.88 Å². The van der Waals surface area contributed by atoms with Crippen molar-refractivity contribution < 1.29 is 28.2 Å². The molecule has 7 rings (SSSR count). The summed E-state index contributed by atoms with van der Waals surface area (Å²) in [5.41, 5.74) is 0.783. The monoisotopic (exact) mass is 775 g/mol. The van der Waals surface area contributed by atoms with Gasteiger partial charge in [0.25, 0.3) is 8.32 Å². The fourth-order valence-corrected chi connectivity index (χ4v) is 15.8. The molecule has 55 heavy (non-hydrogen) atoms. The van der Waals surface area contributed by atoms with E-state index in [0.717, 1.165) is 44.0 Å². The van der Waals surface area contributed by atoms with Gasteiger partial charge < -0.3 is 24.3 Å². The van der Waals surface area contributed by atoms with Crippen LogP contribution in [0.2, 0.25) is 16.6 Å². The third-order valence-corrected chi connectivity index (χ3v) is 19.1. The van der Waals surface area contributed by atoms with Crippen molar-refractivity contribution in [3.8, 4) is 23.0 Å². The zero-order valence-electron chi connectivity index (χ0n) is 33.9. The van der Waals surface area contributed by atoms with E-state index in [-0.39, 0.29) is 41.2 Å². The van der Waals surface area contributed by atoms with E-state index < -0.39 is 19.7 Å². The van der Waals surface area contributed by atoms with Crippen molar-refractivity contribution in [3.05, 3.63) is 47.7 Å². The lowest BCUT2D eigenvalue weighted by atomic mass is 9.94. The standard InChI is InChI=1S/C43H59F2N5O4Si/c1-9-32-35(44)13-12-29-20-31(54-55(26(2)3,27(4)5)28(6)7)21-33(36(29)32)38-37(45)39-34(22-46-38)40(49-18-10-15-42(8,52)24-49)48-41(47-39)53-25-43-16-11-19-50(43)30(23-51)14-17-43/h12-13,20-22,26-28,30,51-52H,9-11,14-19,23-25H2,1-8H3/t30-,42+,43+/m0/s1. The van der Waals surface area contributed by atoms with E-state index in [2.05, 4.69) is 46.4 Å². The number of aliphatic hydroxyl groups is 2. The lowest BCUT2D eigenvalue weighted by Gasteiger charge is -2.42. The molecule has 9 nitrogen and oxygen atoms in total. The molecule has 12 heteroatoms. The summed E-state index contributed by atoms with van der Waals surface area (Å²) >= 11 is 0. The van der Waals surface area contributed by atoms with E-state index in [0.29, 0.717) is 82.6 Å². The van der Waals surface area contributed by atoms with Crippen LogP contribution in [0.3, 0.4) is 0 Å². The zero-order chi connectivity index (χ0) is 39.4. The Labute approximate surface area is 325 Å². The lowest BCUT2D eigenvalue weighted by Crippen LogP contribution is -2.50. The van der Waals surface area contributed by atoms with E-state index in [1.807, 2.05) is 30.9 Å². The first-order chi connectivity index (χ1) is 26.1. The van der Waals surface area contributed by atoms with Gasteiger partial charge in [-0.1, -0.05) is 54.5 Å². The van der Waals surface area contributed by atoms with Gasteiger partial charge in [-0.2, -0.15) is 9.97 Å². The minimum atomic E-state index is -2.42. The number of aryl methyl sites for hydroxylation is 1. The molecule has 0 unspecified atom stereocenters. The Morgan fingerprint density at radius 1 is 0.982 bits per heavy atom. The van der Waals surface area contributed by atoms with Gasteiger partial charge >= 0.3 is 6.01 Å². The molecule has 0 spiro atoms. The number of β-amino-alcohol motifs (C(OH)–C–C–N with tert-alkyl or cyclic N) is 1. The van der Waals surface area contributed by atoms with Crippen LogP contribution in [0.15, 0.2) is 30.5 Å². The fourth-order valence-electron chi connectivity index (χ4n) is 10.6. The van der Waals surface area contributed by atoms with Crippen LogP contribution in [-0.2, 0) is 6.42 Å². The molecule has 0 saturated carbocycles. The van der Waals surface area contributed by atoms with Crippen LogP contribution in [0.1, 0.15) is 99.5 Å². The number of hydrogen-bond acceptors (Lipinski definition) is 9. The number of rotatable bonds is 12. The third kappa shape index (κ3) is 6.99. The molecule has 5 heterocycles. The Bertz CT molecular complexity index is 2040. The molecule has 0 aliphatic carbocycles. The van der Waals surface area contributed by atoms with Gasteiger partial charge in [0.05, 0.1) is 23.1 Å². The first-order valence-electron chi connectivity index (χ1n) is 20.4. The van der Waals surface area contributed by atoms with E-state index >= 15 is 8.78 Å². The maximum atomic E-state index is 17.6. The second kappa shape index (κ2) is 15.1. The van der Waals surface area contributed by atoms with E-state index in [9.17, 15) is 10.2 Å². The molecule has 2 N–H and O–H groups in total. The normalized spacial score (nSPS) is 23.5. The van der Waals surface area contributed by atoms with Crippen LogP contribution < -0.4 is 14.1 Å². The Morgan fingerprint density at radius 3 is 2.38 bits per heavy atom. The van der Waals surface area contributed by atoms with Gasteiger partial charge in [0, 0.05) is 30.9 Å². The second-order valence-corrected chi connectivity index (χ2v) is 23.0. The van der Waals surface area contributed by atoms with Gasteiger partial charge in [-0.25, -0.2) is 8.78 Å². The highest BCUT2D eigenvalue weighted by Gasteiger charge is 2.50. The quantitative estimate of drug-likeness (QED) is 0.137. The number of piperidine rings is 1. The molecule has 4 aromatic rings. The smallest absolute Gasteiger partial charge is 0.319 e. The molecule has 298 valence electrons. The van der Waals surface area contributed by atoms with Crippen LogP contribution in [0.25, 0.3) is 32.9 Å². The molecule has 0 amide bonds. The zero-order valence-corrected chi connectivity index (χ0v) is 34.9. The van der Waals surface area contributed by atoms with Crippen molar-refractivity contribution in [1.82, 2.24) is 19.9 Å². The molecule has 3 saturated heterocycles. The summed E-state index contributed by atoms with van der Waals surface area (Å²) in [6.45, 7) is 19.3. The SMILES string of the molecule is CCc1c(F)ccc2cc(O[Si](C(C)C)(C(C)C)C(C)C)cc(-c3ncc4c(N5CCC[C@@](C)(O)C5)nc(OC[C@]56CCCN5[C@H](CO)CC6)nc4c3F)c12. The highest BCUT2D eigenvalue weighted by atomic mass is 28.4.